The predicted octanol–water partition coefficient (Wildman–Crippen LogP) is 0.354. The van der Waals surface area contributed by atoms with E-state index in [1.165, 1.54) is 8.61 Å². The molecule has 1 aliphatic heterocycles. The molecule has 2 rings (SSSR count). The van der Waals surface area contributed by atoms with E-state index >= 15 is 0 Å². The zero-order chi connectivity index (χ0) is 12.5. The summed E-state index contributed by atoms with van der Waals surface area (Å²) >= 11 is 0. The Kier molecular flexibility index (Phi) is 3.37. The second-order valence-corrected chi connectivity index (χ2v) is 5.84. The first kappa shape index (κ1) is 12.3. The summed E-state index contributed by atoms with van der Waals surface area (Å²) in [5.74, 6) is 0. The Hall–Kier alpha value is -1.11. The minimum Gasteiger partial charge on any atom is -0.395 e. The largest absolute Gasteiger partial charge is 0.395 e. The number of hydrogen-bond donors (Lipinski definition) is 1. The molecule has 0 aromatic heterocycles. The van der Waals surface area contributed by atoms with Gasteiger partial charge in [-0.25, -0.2) is 0 Å². The maximum Gasteiger partial charge on any atom is 0.304 e. The van der Waals surface area contributed by atoms with Gasteiger partial charge in [0, 0.05) is 19.6 Å². The Bertz CT molecular complexity index is 501. The first-order valence-electron chi connectivity index (χ1n) is 5.51. The molecule has 0 radical (unpaired) electrons. The molecule has 17 heavy (non-hydrogen) atoms. The number of aliphatic hydroxyl groups excluding tert-OH is 1. The second kappa shape index (κ2) is 4.64. The smallest absolute Gasteiger partial charge is 0.304 e. The number of nitrogens with zero attached hydrogens (tertiary/aromatic N) is 2. The van der Waals surface area contributed by atoms with Crippen LogP contribution in [0.1, 0.15) is 5.56 Å². The molecule has 6 heteroatoms. The van der Waals surface area contributed by atoms with E-state index in [2.05, 4.69) is 0 Å². The summed E-state index contributed by atoms with van der Waals surface area (Å²) in [6.45, 7) is 2.76. The van der Waals surface area contributed by atoms with Gasteiger partial charge in [0.15, 0.2) is 0 Å². The van der Waals surface area contributed by atoms with Gasteiger partial charge in [-0.1, -0.05) is 18.2 Å². The van der Waals surface area contributed by atoms with Gasteiger partial charge in [-0.15, -0.1) is 0 Å². The maximum atomic E-state index is 12.2. The Morgan fingerprint density at radius 3 is 2.65 bits per heavy atom. The second-order valence-electron chi connectivity index (χ2n) is 3.99. The fourth-order valence-electron chi connectivity index (χ4n) is 2.00. The summed E-state index contributed by atoms with van der Waals surface area (Å²) < 4.78 is 27.1. The van der Waals surface area contributed by atoms with Crippen LogP contribution in [0.25, 0.3) is 0 Å². The molecule has 1 saturated heterocycles. The van der Waals surface area contributed by atoms with Crippen LogP contribution in [-0.2, 0) is 10.2 Å². The molecule has 5 nitrogen and oxygen atoms in total. The SMILES string of the molecule is Cc1ccccc1N1CCN(CCO)S1(=O)=O. The van der Waals surface area contributed by atoms with E-state index in [9.17, 15) is 8.42 Å². The number of aryl methyl sites for hydroxylation is 1. The molecule has 1 aromatic rings. The van der Waals surface area contributed by atoms with Gasteiger partial charge in [-0.3, -0.25) is 4.31 Å². The Morgan fingerprint density at radius 2 is 2.00 bits per heavy atom. The van der Waals surface area contributed by atoms with Crippen molar-refractivity contribution >= 4 is 15.9 Å². The van der Waals surface area contributed by atoms with Crippen molar-refractivity contribution in [2.75, 3.05) is 30.5 Å². The third-order valence-electron chi connectivity index (χ3n) is 2.89. The normalized spacial score (nSPS) is 19.8. The summed E-state index contributed by atoms with van der Waals surface area (Å²) in [6, 6.07) is 7.40. The molecule has 1 fully saturated rings. The average molecular weight is 256 g/mol. The molecule has 0 aliphatic carbocycles. The molecule has 0 spiro atoms. The third kappa shape index (κ3) is 2.15. The van der Waals surface area contributed by atoms with Crippen molar-refractivity contribution in [1.82, 2.24) is 4.31 Å². The van der Waals surface area contributed by atoms with E-state index in [1.807, 2.05) is 25.1 Å². The Morgan fingerprint density at radius 1 is 1.29 bits per heavy atom. The summed E-state index contributed by atoms with van der Waals surface area (Å²) in [5.41, 5.74) is 1.65. The van der Waals surface area contributed by atoms with E-state index in [0.29, 0.717) is 18.8 Å². The van der Waals surface area contributed by atoms with E-state index < -0.39 is 10.2 Å². The molecule has 0 amide bonds. The first-order chi connectivity index (χ1) is 8.07. The van der Waals surface area contributed by atoms with Crippen LogP contribution in [0.15, 0.2) is 24.3 Å². The molecular formula is C11H16N2O3S. The lowest BCUT2D eigenvalue weighted by Crippen LogP contribution is -2.34. The van der Waals surface area contributed by atoms with Gasteiger partial charge in [-0.2, -0.15) is 12.7 Å². The van der Waals surface area contributed by atoms with Gasteiger partial charge >= 0.3 is 10.2 Å². The quantitative estimate of drug-likeness (QED) is 0.849. The Labute approximate surface area is 101 Å². The van der Waals surface area contributed by atoms with Crippen LogP contribution in [0.4, 0.5) is 5.69 Å². The monoisotopic (exact) mass is 256 g/mol. The van der Waals surface area contributed by atoms with Crippen LogP contribution < -0.4 is 4.31 Å². The van der Waals surface area contributed by atoms with Crippen molar-refractivity contribution in [2.45, 2.75) is 6.92 Å². The van der Waals surface area contributed by atoms with Crippen LogP contribution in [0.3, 0.4) is 0 Å². The summed E-state index contributed by atoms with van der Waals surface area (Å²) in [7, 11) is -3.46. The fourth-order valence-corrected chi connectivity index (χ4v) is 3.67. The zero-order valence-corrected chi connectivity index (χ0v) is 10.5. The van der Waals surface area contributed by atoms with Gasteiger partial charge < -0.3 is 5.11 Å². The van der Waals surface area contributed by atoms with Crippen molar-refractivity contribution in [1.29, 1.82) is 0 Å². The van der Waals surface area contributed by atoms with E-state index in [1.54, 1.807) is 6.07 Å². The first-order valence-corrected chi connectivity index (χ1v) is 6.91. The lowest BCUT2D eigenvalue weighted by Gasteiger charge is -2.21. The van der Waals surface area contributed by atoms with E-state index in [4.69, 9.17) is 5.11 Å². The number of β-amino-alcohol motifs (C(OH)–C–C–N with tert-alkyl or cyclic N) is 1. The number of hydrogen-bond acceptors (Lipinski definition) is 3. The molecule has 0 atom stereocenters. The fraction of sp³-hybridized carbons (Fsp3) is 0.455. The molecule has 1 aliphatic rings. The number of benzene rings is 1. The van der Waals surface area contributed by atoms with Gasteiger partial charge in [-0.05, 0) is 18.6 Å². The van der Waals surface area contributed by atoms with Gasteiger partial charge in [0.25, 0.3) is 0 Å². The molecular weight excluding hydrogens is 240 g/mol. The molecule has 0 unspecified atom stereocenters. The summed E-state index contributed by atoms with van der Waals surface area (Å²) in [6.07, 6.45) is 0. The maximum absolute atomic E-state index is 12.2. The molecule has 94 valence electrons. The Balaban J connectivity index is 2.34. The van der Waals surface area contributed by atoms with Gasteiger partial charge in [0.1, 0.15) is 0 Å². The van der Waals surface area contributed by atoms with Crippen molar-refractivity contribution in [2.24, 2.45) is 0 Å². The molecule has 1 heterocycles. The highest BCUT2D eigenvalue weighted by atomic mass is 32.2. The van der Waals surface area contributed by atoms with E-state index in [0.717, 1.165) is 5.56 Å². The predicted molar refractivity (Wildman–Crippen MR) is 66.1 cm³/mol. The van der Waals surface area contributed by atoms with Crippen LogP contribution in [-0.4, -0.2) is 44.1 Å². The zero-order valence-electron chi connectivity index (χ0n) is 9.70. The van der Waals surface area contributed by atoms with Crippen molar-refractivity contribution in [3.8, 4) is 0 Å². The topological polar surface area (TPSA) is 60.9 Å². The number of rotatable bonds is 3. The molecule has 0 bridgehead atoms. The van der Waals surface area contributed by atoms with Crippen molar-refractivity contribution in [3.63, 3.8) is 0 Å². The molecule has 1 N–H and O–H groups in total. The number of para-hydroxylation sites is 1. The van der Waals surface area contributed by atoms with Gasteiger partial charge in [0.05, 0.1) is 12.3 Å². The highest BCUT2D eigenvalue weighted by Crippen LogP contribution is 2.27. The standard InChI is InChI=1S/C11H16N2O3S/c1-10-4-2-3-5-11(10)13-7-6-12(8-9-14)17(13,15)16/h2-5,14H,6-9H2,1H3. The van der Waals surface area contributed by atoms with Crippen LogP contribution in [0, 0.1) is 6.92 Å². The van der Waals surface area contributed by atoms with E-state index in [-0.39, 0.29) is 13.2 Å². The summed E-state index contributed by atoms with van der Waals surface area (Å²) in [4.78, 5) is 0. The number of aliphatic hydroxyl groups is 1. The highest BCUT2D eigenvalue weighted by molar-refractivity contribution is 7.90. The van der Waals surface area contributed by atoms with Gasteiger partial charge in [0.2, 0.25) is 0 Å². The van der Waals surface area contributed by atoms with Crippen molar-refractivity contribution in [3.05, 3.63) is 29.8 Å². The third-order valence-corrected chi connectivity index (χ3v) is 4.84. The lowest BCUT2D eigenvalue weighted by molar-refractivity contribution is 0.260. The molecule has 0 saturated carbocycles. The van der Waals surface area contributed by atoms with Crippen LogP contribution in [0.2, 0.25) is 0 Å². The minimum atomic E-state index is -3.46. The molecule has 1 aromatic carbocycles. The van der Waals surface area contributed by atoms with Crippen molar-refractivity contribution < 1.29 is 13.5 Å². The highest BCUT2D eigenvalue weighted by Gasteiger charge is 2.36. The number of anilines is 1. The van der Waals surface area contributed by atoms with Crippen LogP contribution >= 0.6 is 0 Å². The van der Waals surface area contributed by atoms with Crippen LogP contribution in [0.5, 0.6) is 0 Å². The average Bonchev–Trinajstić information content (AvgIpc) is 2.57. The lowest BCUT2D eigenvalue weighted by atomic mass is 10.2. The summed E-state index contributed by atoms with van der Waals surface area (Å²) in [5, 5.41) is 8.85. The minimum absolute atomic E-state index is 0.152.